The predicted molar refractivity (Wildman–Crippen MR) is 90.5 cm³/mol. The first-order valence-electron chi connectivity index (χ1n) is 7.49. The molecule has 6 heteroatoms. The third-order valence-electron chi connectivity index (χ3n) is 4.39. The Balaban J connectivity index is 0.00000242. The molecule has 0 saturated heterocycles. The molecule has 1 aliphatic heterocycles. The Morgan fingerprint density at radius 2 is 2.00 bits per heavy atom. The molecule has 1 aromatic rings. The molecule has 0 saturated carbocycles. The first-order chi connectivity index (χ1) is 10.0. The highest BCUT2D eigenvalue weighted by molar-refractivity contribution is 5.98. The second-order valence-corrected chi connectivity index (χ2v) is 5.57. The number of nitrogens with one attached hydrogen (secondary N) is 2. The van der Waals surface area contributed by atoms with Gasteiger partial charge in [-0.2, -0.15) is 0 Å². The van der Waals surface area contributed by atoms with Crippen LogP contribution in [-0.2, 0) is 11.2 Å². The van der Waals surface area contributed by atoms with Crippen LogP contribution in [0.4, 0.5) is 5.69 Å². The van der Waals surface area contributed by atoms with Crippen molar-refractivity contribution in [1.82, 2.24) is 5.32 Å². The Morgan fingerprint density at radius 3 is 2.59 bits per heavy atom. The third-order valence-corrected chi connectivity index (χ3v) is 4.39. The number of hydrogen-bond acceptors (Lipinski definition) is 3. The van der Waals surface area contributed by atoms with Crippen molar-refractivity contribution in [3.63, 3.8) is 0 Å². The van der Waals surface area contributed by atoms with E-state index in [0.717, 1.165) is 24.1 Å². The van der Waals surface area contributed by atoms with Crippen LogP contribution in [0, 0.1) is 0 Å². The van der Waals surface area contributed by atoms with Crippen molar-refractivity contribution in [1.29, 1.82) is 0 Å². The van der Waals surface area contributed by atoms with E-state index in [1.165, 1.54) is 0 Å². The highest BCUT2D eigenvalue weighted by Gasteiger charge is 2.27. The monoisotopic (exact) mass is 325 g/mol. The molecule has 0 atom stereocenters. The van der Waals surface area contributed by atoms with E-state index in [-0.39, 0.29) is 29.8 Å². The number of amides is 2. The lowest BCUT2D eigenvalue weighted by molar-refractivity contribution is -0.116. The molecule has 22 heavy (non-hydrogen) atoms. The van der Waals surface area contributed by atoms with Gasteiger partial charge in [0.15, 0.2) is 0 Å². The quantitative estimate of drug-likeness (QED) is 0.776. The number of carbonyl (C=O) groups excluding carboxylic acids is 2. The van der Waals surface area contributed by atoms with Gasteiger partial charge < -0.3 is 16.4 Å². The fraction of sp³-hybridized carbons (Fsp3) is 0.500. The van der Waals surface area contributed by atoms with Gasteiger partial charge in [-0.15, -0.1) is 12.4 Å². The van der Waals surface area contributed by atoms with E-state index < -0.39 is 0 Å². The van der Waals surface area contributed by atoms with Crippen molar-refractivity contribution < 1.29 is 9.59 Å². The molecule has 5 nitrogen and oxygen atoms in total. The summed E-state index contributed by atoms with van der Waals surface area (Å²) in [6, 6.07) is 5.40. The molecule has 2 amide bonds. The molecule has 4 N–H and O–H groups in total. The Hall–Kier alpha value is -1.59. The summed E-state index contributed by atoms with van der Waals surface area (Å²) in [7, 11) is 0. The molecule has 0 aliphatic carbocycles. The van der Waals surface area contributed by atoms with E-state index in [9.17, 15) is 9.59 Å². The zero-order valence-electron chi connectivity index (χ0n) is 13.1. The molecule has 0 bridgehead atoms. The number of benzene rings is 1. The highest BCUT2D eigenvalue weighted by Crippen LogP contribution is 2.24. The lowest BCUT2D eigenvalue weighted by Gasteiger charge is -2.31. The zero-order chi connectivity index (χ0) is 15.5. The van der Waals surface area contributed by atoms with Crippen LogP contribution in [0.25, 0.3) is 0 Å². The van der Waals surface area contributed by atoms with Crippen LogP contribution >= 0.6 is 12.4 Å². The van der Waals surface area contributed by atoms with Crippen molar-refractivity contribution in [3.8, 4) is 0 Å². The summed E-state index contributed by atoms with van der Waals surface area (Å²) in [4.78, 5) is 23.8. The van der Waals surface area contributed by atoms with Crippen molar-refractivity contribution >= 4 is 29.9 Å². The van der Waals surface area contributed by atoms with E-state index in [0.29, 0.717) is 24.9 Å². The molecule has 2 rings (SSSR count). The van der Waals surface area contributed by atoms with Gasteiger partial charge >= 0.3 is 0 Å². The molecular weight excluding hydrogens is 302 g/mol. The van der Waals surface area contributed by atoms with Crippen LogP contribution in [0.1, 0.15) is 49.0 Å². The minimum absolute atomic E-state index is 0. The third kappa shape index (κ3) is 3.78. The molecule has 0 aromatic heterocycles. The molecular formula is C16H24ClN3O2. The van der Waals surface area contributed by atoms with Crippen LogP contribution in [0.5, 0.6) is 0 Å². The number of rotatable bonds is 5. The fourth-order valence-corrected chi connectivity index (χ4v) is 2.60. The molecule has 0 spiro atoms. The Bertz CT molecular complexity index is 548. The van der Waals surface area contributed by atoms with E-state index in [1.54, 1.807) is 12.1 Å². The number of carbonyl (C=O) groups is 2. The molecule has 0 radical (unpaired) electrons. The molecule has 0 fully saturated rings. The zero-order valence-corrected chi connectivity index (χ0v) is 13.9. The second kappa shape index (κ2) is 7.61. The number of aryl methyl sites for hydroxylation is 1. The lowest BCUT2D eigenvalue weighted by Crippen LogP contribution is -2.52. The Labute approximate surface area is 137 Å². The van der Waals surface area contributed by atoms with Crippen molar-refractivity contribution in [2.24, 2.45) is 5.73 Å². The molecule has 1 aromatic carbocycles. The summed E-state index contributed by atoms with van der Waals surface area (Å²) < 4.78 is 0. The van der Waals surface area contributed by atoms with E-state index in [2.05, 4.69) is 10.6 Å². The summed E-state index contributed by atoms with van der Waals surface area (Å²) >= 11 is 0. The fourth-order valence-electron chi connectivity index (χ4n) is 2.60. The molecule has 1 aliphatic rings. The maximum atomic E-state index is 12.4. The summed E-state index contributed by atoms with van der Waals surface area (Å²) in [5.74, 6) is -0.0809. The van der Waals surface area contributed by atoms with Gasteiger partial charge in [-0.05, 0) is 43.0 Å². The number of anilines is 1. The van der Waals surface area contributed by atoms with Gasteiger partial charge in [-0.25, -0.2) is 0 Å². The molecule has 1 heterocycles. The normalized spacial score (nSPS) is 13.7. The summed E-state index contributed by atoms with van der Waals surface area (Å²) in [5, 5.41) is 5.88. The van der Waals surface area contributed by atoms with Crippen LogP contribution in [0.2, 0.25) is 0 Å². The Kier molecular flexibility index (Phi) is 6.38. The molecule has 0 unspecified atom stereocenters. The van der Waals surface area contributed by atoms with Crippen molar-refractivity contribution in [3.05, 3.63) is 29.3 Å². The molecule has 122 valence electrons. The standard InChI is InChI=1S/C16H23N3O2.ClH/c1-3-16(4-2,10-17)19-15(21)12-5-7-13-11(9-12)6-8-14(20)18-13;/h5,7,9H,3-4,6,8,10,17H2,1-2H3,(H,18,20)(H,19,21);1H. The lowest BCUT2D eigenvalue weighted by atomic mass is 9.92. The van der Waals surface area contributed by atoms with Gasteiger partial charge in [0.2, 0.25) is 5.91 Å². The predicted octanol–water partition coefficient (Wildman–Crippen LogP) is 2.24. The van der Waals surface area contributed by atoms with Crippen molar-refractivity contribution in [2.45, 2.75) is 45.1 Å². The minimum Gasteiger partial charge on any atom is -0.345 e. The minimum atomic E-state index is -0.346. The van der Waals surface area contributed by atoms with Gasteiger partial charge in [0.25, 0.3) is 5.91 Å². The van der Waals surface area contributed by atoms with Crippen LogP contribution in [-0.4, -0.2) is 23.9 Å². The maximum absolute atomic E-state index is 12.4. The topological polar surface area (TPSA) is 84.2 Å². The summed E-state index contributed by atoms with van der Waals surface area (Å²) in [6.07, 6.45) is 2.74. The van der Waals surface area contributed by atoms with Crippen LogP contribution < -0.4 is 16.4 Å². The first kappa shape index (κ1) is 18.5. The average molecular weight is 326 g/mol. The Morgan fingerprint density at radius 1 is 1.32 bits per heavy atom. The summed E-state index contributed by atoms with van der Waals surface area (Å²) in [5.41, 5.74) is 7.90. The number of fused-ring (bicyclic) bond motifs is 1. The van der Waals surface area contributed by atoms with Gasteiger partial charge in [-0.1, -0.05) is 13.8 Å². The second-order valence-electron chi connectivity index (χ2n) is 5.57. The SMILES string of the molecule is CCC(CC)(CN)NC(=O)c1ccc2c(c1)CCC(=O)N2.Cl. The maximum Gasteiger partial charge on any atom is 0.251 e. The van der Waals surface area contributed by atoms with Crippen LogP contribution in [0.3, 0.4) is 0 Å². The smallest absolute Gasteiger partial charge is 0.251 e. The van der Waals surface area contributed by atoms with Gasteiger partial charge in [0.1, 0.15) is 0 Å². The van der Waals surface area contributed by atoms with Crippen molar-refractivity contribution in [2.75, 3.05) is 11.9 Å². The van der Waals surface area contributed by atoms with Crippen LogP contribution in [0.15, 0.2) is 18.2 Å². The van der Waals surface area contributed by atoms with E-state index >= 15 is 0 Å². The van der Waals surface area contributed by atoms with Gasteiger partial charge in [-0.3, -0.25) is 9.59 Å². The highest BCUT2D eigenvalue weighted by atomic mass is 35.5. The van der Waals surface area contributed by atoms with E-state index in [4.69, 9.17) is 5.73 Å². The number of hydrogen-bond donors (Lipinski definition) is 3. The summed E-state index contributed by atoms with van der Waals surface area (Å²) in [6.45, 7) is 4.48. The number of halogens is 1. The van der Waals surface area contributed by atoms with E-state index in [1.807, 2.05) is 19.9 Å². The van der Waals surface area contributed by atoms with Gasteiger partial charge in [0, 0.05) is 24.2 Å². The first-order valence-corrected chi connectivity index (χ1v) is 7.49. The van der Waals surface area contributed by atoms with Gasteiger partial charge in [0.05, 0.1) is 5.54 Å². The largest absolute Gasteiger partial charge is 0.345 e. The number of nitrogens with two attached hydrogens (primary N) is 1. The average Bonchev–Trinajstić information content (AvgIpc) is 2.52.